The number of nitrogens with one attached hydrogen (secondary N) is 1. The fourth-order valence-corrected chi connectivity index (χ4v) is 6.34. The van der Waals surface area contributed by atoms with Crippen LogP contribution in [-0.4, -0.2) is 86.2 Å². The van der Waals surface area contributed by atoms with Crippen LogP contribution in [0.2, 0.25) is 0 Å². The van der Waals surface area contributed by atoms with E-state index in [4.69, 9.17) is 9.47 Å². The first-order chi connectivity index (χ1) is 22.2. The number of amides is 2. The quantitative estimate of drug-likeness (QED) is 0.228. The van der Waals surface area contributed by atoms with Crippen LogP contribution in [0.4, 0.5) is 13.2 Å². The number of hydrogen-bond donors (Lipinski definition) is 1. The van der Waals surface area contributed by atoms with E-state index in [2.05, 4.69) is 5.32 Å². The fourth-order valence-electron chi connectivity index (χ4n) is 6.34. The summed E-state index contributed by atoms with van der Waals surface area (Å²) in [5, 5.41) is 3.33. The van der Waals surface area contributed by atoms with Gasteiger partial charge in [-0.3, -0.25) is 14.4 Å². The highest BCUT2D eigenvalue weighted by Gasteiger charge is 2.33. The Kier molecular flexibility index (Phi) is 11.0. The van der Waals surface area contributed by atoms with Crippen LogP contribution >= 0.6 is 0 Å². The number of nitrogens with zero attached hydrogens (tertiary/aromatic N) is 2. The van der Waals surface area contributed by atoms with Gasteiger partial charge in [0.05, 0.1) is 31.4 Å². The number of likely N-dealkylation sites (tertiary alicyclic amines) is 2. The monoisotopic (exact) mass is 639 g/mol. The molecule has 0 atom stereocenters. The first-order valence-corrected chi connectivity index (χ1v) is 15.9. The summed E-state index contributed by atoms with van der Waals surface area (Å²) < 4.78 is 51.4. The van der Waals surface area contributed by atoms with E-state index in [-0.39, 0.29) is 47.3 Å². The number of halogens is 3. The van der Waals surface area contributed by atoms with Crippen molar-refractivity contribution in [3.63, 3.8) is 0 Å². The molecule has 3 aromatic rings. The van der Waals surface area contributed by atoms with Gasteiger partial charge in [-0.05, 0) is 79.1 Å². The van der Waals surface area contributed by atoms with Gasteiger partial charge in [-0.25, -0.2) is 0 Å². The van der Waals surface area contributed by atoms with E-state index in [9.17, 15) is 27.6 Å². The Labute approximate surface area is 266 Å². The van der Waals surface area contributed by atoms with Crippen molar-refractivity contribution in [1.29, 1.82) is 0 Å². The molecule has 0 aromatic heterocycles. The molecule has 0 aliphatic carbocycles. The molecule has 2 fully saturated rings. The van der Waals surface area contributed by atoms with E-state index < -0.39 is 11.7 Å². The molecule has 2 amide bonds. The van der Waals surface area contributed by atoms with Gasteiger partial charge in [-0.15, -0.1) is 0 Å². The second-order valence-electron chi connectivity index (χ2n) is 11.7. The number of carbonyl (C=O) groups excluding carboxylic acids is 3. The number of ether oxygens (including phenoxy) is 2. The summed E-state index contributed by atoms with van der Waals surface area (Å²) in [6, 6.07) is 16.2. The lowest BCUT2D eigenvalue weighted by Crippen LogP contribution is -2.41. The van der Waals surface area contributed by atoms with Crippen molar-refractivity contribution in [2.45, 2.75) is 50.8 Å². The van der Waals surface area contributed by atoms with Gasteiger partial charge in [0.1, 0.15) is 0 Å². The van der Waals surface area contributed by atoms with Gasteiger partial charge in [-0.2, -0.15) is 13.2 Å². The summed E-state index contributed by atoms with van der Waals surface area (Å²) >= 11 is 0. The maximum absolute atomic E-state index is 13.5. The van der Waals surface area contributed by atoms with E-state index in [1.807, 2.05) is 29.2 Å². The Morgan fingerprint density at radius 2 is 1.46 bits per heavy atom. The molecule has 11 heteroatoms. The number of hydrogen-bond acceptors (Lipinski definition) is 6. The Bertz CT molecular complexity index is 1510. The van der Waals surface area contributed by atoms with Crippen LogP contribution in [0.5, 0.6) is 0 Å². The predicted octanol–water partition coefficient (Wildman–Crippen LogP) is 5.65. The first kappa shape index (κ1) is 33.4. The number of piperidine rings is 2. The van der Waals surface area contributed by atoms with Crippen molar-refractivity contribution in [3.05, 3.63) is 82.9 Å². The van der Waals surface area contributed by atoms with E-state index in [0.29, 0.717) is 56.9 Å². The lowest BCUT2D eigenvalue weighted by atomic mass is 9.88. The van der Waals surface area contributed by atoms with E-state index in [1.165, 1.54) is 18.2 Å². The summed E-state index contributed by atoms with van der Waals surface area (Å²) in [7, 11) is 0. The molecular weight excluding hydrogens is 599 g/mol. The van der Waals surface area contributed by atoms with Gasteiger partial charge < -0.3 is 24.6 Å². The second kappa shape index (κ2) is 15.1. The van der Waals surface area contributed by atoms with Gasteiger partial charge in [0.2, 0.25) is 0 Å². The van der Waals surface area contributed by atoms with Crippen molar-refractivity contribution in [1.82, 2.24) is 15.1 Å². The molecule has 2 aliphatic rings. The van der Waals surface area contributed by atoms with Crippen LogP contribution in [0.25, 0.3) is 10.8 Å². The summed E-state index contributed by atoms with van der Waals surface area (Å²) in [5.41, 5.74) is 1.27. The highest BCUT2D eigenvalue weighted by atomic mass is 19.4. The highest BCUT2D eigenvalue weighted by molar-refractivity contribution is 6.07. The minimum absolute atomic E-state index is 0.00899. The van der Waals surface area contributed by atoms with Crippen LogP contribution in [-0.2, 0) is 20.4 Å². The molecule has 0 unspecified atom stereocenters. The molecule has 8 nitrogen and oxygen atoms in total. The molecule has 0 bridgehead atoms. The molecule has 1 N–H and O–H groups in total. The molecular formula is C35H40F3N3O5. The summed E-state index contributed by atoms with van der Waals surface area (Å²) in [5.74, 6) is -0.334. The third-order valence-electron chi connectivity index (χ3n) is 8.81. The Hall–Kier alpha value is -3.96. The van der Waals surface area contributed by atoms with Gasteiger partial charge in [0, 0.05) is 43.9 Å². The van der Waals surface area contributed by atoms with Crippen LogP contribution in [0.1, 0.15) is 70.4 Å². The maximum atomic E-state index is 13.5. The lowest BCUT2D eigenvalue weighted by molar-refractivity contribution is -0.142. The molecule has 0 spiro atoms. The fraction of sp³-hybridized carbons (Fsp3) is 0.457. The number of esters is 1. The molecule has 3 aromatic carbocycles. The van der Waals surface area contributed by atoms with Crippen LogP contribution in [0.15, 0.2) is 60.7 Å². The second-order valence-corrected chi connectivity index (χ2v) is 11.7. The average Bonchev–Trinajstić information content (AvgIpc) is 3.07. The largest absolute Gasteiger partial charge is 0.465 e. The number of fused-ring (bicyclic) bond motifs is 1. The minimum Gasteiger partial charge on any atom is -0.465 e. The molecule has 2 heterocycles. The van der Waals surface area contributed by atoms with Gasteiger partial charge in [-0.1, -0.05) is 36.4 Å². The summed E-state index contributed by atoms with van der Waals surface area (Å²) in [6.07, 6.45) is -1.47. The smallest absolute Gasteiger partial charge is 0.417 e. The topological polar surface area (TPSA) is 88.2 Å². The van der Waals surface area contributed by atoms with E-state index in [0.717, 1.165) is 37.3 Å². The first-order valence-electron chi connectivity index (χ1n) is 15.9. The number of rotatable bonds is 10. The average molecular weight is 640 g/mol. The Balaban J connectivity index is 1.09. The highest BCUT2D eigenvalue weighted by Crippen LogP contribution is 2.36. The molecule has 5 rings (SSSR count). The number of benzene rings is 3. The van der Waals surface area contributed by atoms with Crippen LogP contribution in [0.3, 0.4) is 0 Å². The van der Waals surface area contributed by atoms with Crippen molar-refractivity contribution >= 4 is 28.6 Å². The molecule has 2 saturated heterocycles. The van der Waals surface area contributed by atoms with Crippen molar-refractivity contribution in [3.8, 4) is 0 Å². The standard InChI is InChI=1S/C35H40F3N3O5/c1-2-45-32(42)23-39-17-22-46-27-15-20-40(21-16-27)33(43)26-11-9-24(10-12-26)25-13-18-41(19-14-25)34(44)30-7-3-6-29-28(30)5-4-8-31(29)35(36,37)38/h3-12,25,27,39H,2,13-23H2,1H3. The van der Waals surface area contributed by atoms with Crippen LogP contribution in [0, 0.1) is 0 Å². The molecule has 0 radical (unpaired) electrons. The van der Waals surface area contributed by atoms with Gasteiger partial charge in [0.25, 0.3) is 11.8 Å². The zero-order valence-corrected chi connectivity index (χ0v) is 26.0. The minimum atomic E-state index is -4.50. The van der Waals surface area contributed by atoms with Crippen molar-refractivity contribution < 1.29 is 37.0 Å². The lowest BCUT2D eigenvalue weighted by Gasteiger charge is -2.33. The summed E-state index contributed by atoms with van der Waals surface area (Å²) in [6.45, 7) is 5.55. The zero-order chi connectivity index (χ0) is 32.7. The van der Waals surface area contributed by atoms with Crippen LogP contribution < -0.4 is 5.32 Å². The number of alkyl halides is 3. The zero-order valence-electron chi connectivity index (χ0n) is 26.0. The Morgan fingerprint density at radius 1 is 0.826 bits per heavy atom. The molecule has 46 heavy (non-hydrogen) atoms. The summed E-state index contributed by atoms with van der Waals surface area (Å²) in [4.78, 5) is 41.5. The number of carbonyl (C=O) groups is 3. The van der Waals surface area contributed by atoms with Gasteiger partial charge >= 0.3 is 12.1 Å². The van der Waals surface area contributed by atoms with E-state index >= 15 is 0 Å². The third-order valence-corrected chi connectivity index (χ3v) is 8.81. The van der Waals surface area contributed by atoms with Crippen molar-refractivity contribution in [2.24, 2.45) is 0 Å². The SMILES string of the molecule is CCOC(=O)CNCCOC1CCN(C(=O)c2ccc(C3CCN(C(=O)c4cccc5c(C(F)(F)F)cccc45)CC3)cc2)CC1. The molecule has 2 aliphatic heterocycles. The van der Waals surface area contributed by atoms with Crippen molar-refractivity contribution in [2.75, 3.05) is 52.5 Å². The van der Waals surface area contributed by atoms with Gasteiger partial charge in [0.15, 0.2) is 0 Å². The normalized spacial score (nSPS) is 16.5. The maximum Gasteiger partial charge on any atom is 0.417 e. The predicted molar refractivity (Wildman–Crippen MR) is 168 cm³/mol. The molecule has 246 valence electrons. The third kappa shape index (κ3) is 8.06. The molecule has 0 saturated carbocycles. The Morgan fingerprint density at radius 3 is 2.13 bits per heavy atom. The van der Waals surface area contributed by atoms with E-state index in [1.54, 1.807) is 24.0 Å².